The molecule has 0 fully saturated rings. The number of anilines is 1. The fraction of sp³-hybridized carbons (Fsp3) is 0.333. The second-order valence-electron chi connectivity index (χ2n) is 5.21. The molecule has 0 aliphatic carbocycles. The van der Waals surface area contributed by atoms with E-state index in [1.54, 1.807) is 20.8 Å². The zero-order valence-electron chi connectivity index (χ0n) is 12.9. The van der Waals surface area contributed by atoms with Crippen LogP contribution in [-0.2, 0) is 9.53 Å². The first kappa shape index (κ1) is 17.5. The van der Waals surface area contributed by atoms with E-state index in [-0.39, 0.29) is 11.4 Å². The van der Waals surface area contributed by atoms with E-state index in [1.807, 2.05) is 0 Å². The van der Waals surface area contributed by atoms with Crippen molar-refractivity contribution in [3.05, 3.63) is 30.6 Å². The lowest BCUT2D eigenvalue weighted by atomic mass is 10.2. The second kappa shape index (κ2) is 6.93. The van der Waals surface area contributed by atoms with Crippen LogP contribution in [0.15, 0.2) is 24.8 Å². The van der Waals surface area contributed by atoms with E-state index in [4.69, 9.17) is 14.2 Å². The molecule has 0 aromatic heterocycles. The Morgan fingerprint density at radius 3 is 2.45 bits per heavy atom. The van der Waals surface area contributed by atoms with Gasteiger partial charge < -0.3 is 14.2 Å². The fourth-order valence-corrected chi connectivity index (χ4v) is 1.48. The number of carbonyl (C=O) groups is 2. The Balaban J connectivity index is 3.19. The maximum absolute atomic E-state index is 13.9. The van der Waals surface area contributed by atoms with E-state index < -0.39 is 29.2 Å². The number of hydrogen-bond donors (Lipinski definition) is 1. The average molecular weight is 311 g/mol. The fourth-order valence-electron chi connectivity index (χ4n) is 1.48. The van der Waals surface area contributed by atoms with Crippen molar-refractivity contribution >= 4 is 17.7 Å². The lowest BCUT2D eigenvalue weighted by molar-refractivity contribution is -0.129. The first-order valence-electron chi connectivity index (χ1n) is 6.38. The highest BCUT2D eigenvalue weighted by Gasteiger charge is 2.23. The van der Waals surface area contributed by atoms with Gasteiger partial charge in [-0.05, 0) is 32.9 Å². The van der Waals surface area contributed by atoms with Crippen molar-refractivity contribution < 1.29 is 28.2 Å². The number of nitrogens with one attached hydrogen (secondary N) is 1. The Bertz CT molecular complexity index is 592. The molecule has 0 atom stereocenters. The van der Waals surface area contributed by atoms with E-state index in [2.05, 4.69) is 11.9 Å². The van der Waals surface area contributed by atoms with Gasteiger partial charge in [-0.1, -0.05) is 6.58 Å². The van der Waals surface area contributed by atoms with Crippen molar-refractivity contribution in [2.45, 2.75) is 26.4 Å². The van der Waals surface area contributed by atoms with Crippen molar-refractivity contribution in [2.24, 2.45) is 0 Å². The highest BCUT2D eigenvalue weighted by Crippen LogP contribution is 2.37. The molecule has 0 heterocycles. The summed E-state index contributed by atoms with van der Waals surface area (Å²) in [5, 5.41) is 2.32. The smallest absolute Gasteiger partial charge is 0.412 e. The van der Waals surface area contributed by atoms with Crippen LogP contribution in [0.4, 0.5) is 14.9 Å². The molecule has 6 nitrogen and oxygen atoms in total. The molecular weight excluding hydrogens is 293 g/mol. The van der Waals surface area contributed by atoms with Gasteiger partial charge in [-0.3, -0.25) is 5.32 Å². The van der Waals surface area contributed by atoms with Crippen molar-refractivity contribution in [3.8, 4) is 11.5 Å². The number of hydrogen-bond acceptors (Lipinski definition) is 5. The summed E-state index contributed by atoms with van der Waals surface area (Å²) in [5.74, 6) is -2.09. The van der Waals surface area contributed by atoms with Crippen LogP contribution in [-0.4, -0.2) is 24.8 Å². The third kappa shape index (κ3) is 4.76. The van der Waals surface area contributed by atoms with Crippen molar-refractivity contribution in [2.75, 3.05) is 12.4 Å². The topological polar surface area (TPSA) is 73.9 Å². The van der Waals surface area contributed by atoms with Crippen LogP contribution < -0.4 is 14.8 Å². The van der Waals surface area contributed by atoms with Crippen LogP contribution in [0.2, 0.25) is 0 Å². The van der Waals surface area contributed by atoms with Gasteiger partial charge in [0.2, 0.25) is 0 Å². The van der Waals surface area contributed by atoms with Crippen LogP contribution in [0.1, 0.15) is 20.8 Å². The van der Waals surface area contributed by atoms with Gasteiger partial charge in [0.25, 0.3) is 0 Å². The summed E-state index contributed by atoms with van der Waals surface area (Å²) in [6.45, 7) is 8.25. The molecule has 7 heteroatoms. The lowest BCUT2D eigenvalue weighted by Gasteiger charge is -2.21. The number of rotatable bonds is 4. The predicted molar refractivity (Wildman–Crippen MR) is 78.6 cm³/mol. The van der Waals surface area contributed by atoms with E-state index in [0.717, 1.165) is 12.1 Å². The van der Waals surface area contributed by atoms with Crippen LogP contribution in [0, 0.1) is 5.82 Å². The number of amides is 1. The highest BCUT2D eigenvalue weighted by atomic mass is 19.1. The number of ether oxygens (including phenoxy) is 3. The predicted octanol–water partition coefficient (Wildman–Crippen LogP) is 3.27. The SMILES string of the molecule is C=CC(=O)Oc1c(F)ccc(OC)c1NC(=O)OC(C)(C)C. The van der Waals surface area contributed by atoms with Gasteiger partial charge in [0.05, 0.1) is 7.11 Å². The quantitative estimate of drug-likeness (QED) is 0.525. The van der Waals surface area contributed by atoms with Crippen LogP contribution in [0.25, 0.3) is 0 Å². The number of halogens is 1. The van der Waals surface area contributed by atoms with E-state index >= 15 is 0 Å². The molecule has 0 aliphatic heterocycles. The molecule has 120 valence electrons. The zero-order valence-corrected chi connectivity index (χ0v) is 12.9. The molecule has 1 rings (SSSR count). The summed E-state index contributed by atoms with van der Waals surface area (Å²) >= 11 is 0. The van der Waals surface area contributed by atoms with E-state index in [1.165, 1.54) is 13.2 Å². The molecule has 0 radical (unpaired) electrons. The number of methoxy groups -OCH3 is 1. The highest BCUT2D eigenvalue weighted by molar-refractivity contribution is 5.92. The largest absolute Gasteiger partial charge is 0.494 e. The lowest BCUT2D eigenvalue weighted by Crippen LogP contribution is -2.27. The first-order valence-corrected chi connectivity index (χ1v) is 6.38. The monoisotopic (exact) mass is 311 g/mol. The van der Waals surface area contributed by atoms with Gasteiger partial charge in [-0.25, -0.2) is 14.0 Å². The molecule has 22 heavy (non-hydrogen) atoms. The minimum Gasteiger partial charge on any atom is -0.494 e. The summed E-state index contributed by atoms with van der Waals surface area (Å²) in [7, 11) is 1.33. The van der Waals surface area contributed by atoms with Crippen molar-refractivity contribution in [3.63, 3.8) is 0 Å². The Morgan fingerprint density at radius 2 is 1.95 bits per heavy atom. The van der Waals surface area contributed by atoms with E-state index in [0.29, 0.717) is 0 Å². The van der Waals surface area contributed by atoms with Crippen LogP contribution in [0.3, 0.4) is 0 Å². The molecule has 0 unspecified atom stereocenters. The van der Waals surface area contributed by atoms with Gasteiger partial charge in [0, 0.05) is 6.08 Å². The molecule has 1 amide bonds. The van der Waals surface area contributed by atoms with Gasteiger partial charge >= 0.3 is 12.1 Å². The average Bonchev–Trinajstić information content (AvgIpc) is 2.40. The summed E-state index contributed by atoms with van der Waals surface area (Å²) < 4.78 is 28.8. The molecular formula is C15H18FNO5. The third-order valence-corrected chi connectivity index (χ3v) is 2.29. The number of carbonyl (C=O) groups excluding carboxylic acids is 2. The third-order valence-electron chi connectivity index (χ3n) is 2.29. The molecule has 0 saturated heterocycles. The maximum Gasteiger partial charge on any atom is 0.412 e. The standard InChI is InChI=1S/C15H18FNO5/c1-6-11(18)21-13-9(16)7-8-10(20-5)12(13)17-14(19)22-15(2,3)4/h6-8H,1H2,2-5H3,(H,17,19). The Hall–Kier alpha value is -2.57. The normalized spacial score (nSPS) is 10.6. The molecule has 0 aliphatic rings. The summed E-state index contributed by atoms with van der Waals surface area (Å²) in [6.07, 6.45) is 0.0307. The Labute approximate surface area is 127 Å². The Morgan fingerprint density at radius 1 is 1.32 bits per heavy atom. The van der Waals surface area contributed by atoms with Gasteiger partial charge in [0.1, 0.15) is 17.0 Å². The summed E-state index contributed by atoms with van der Waals surface area (Å²) in [4.78, 5) is 23.2. The molecule has 1 N–H and O–H groups in total. The first-order chi connectivity index (χ1) is 10.2. The minimum absolute atomic E-state index is 0.110. The van der Waals surface area contributed by atoms with Crippen molar-refractivity contribution in [1.82, 2.24) is 0 Å². The van der Waals surface area contributed by atoms with Crippen molar-refractivity contribution in [1.29, 1.82) is 0 Å². The Kier molecular flexibility index (Phi) is 5.50. The minimum atomic E-state index is -0.876. The van der Waals surface area contributed by atoms with Gasteiger partial charge in [-0.2, -0.15) is 0 Å². The summed E-state index contributed by atoms with van der Waals surface area (Å²) in [5.41, 5.74) is -0.894. The second-order valence-corrected chi connectivity index (χ2v) is 5.21. The molecule has 1 aromatic carbocycles. The van der Waals surface area contributed by atoms with E-state index in [9.17, 15) is 14.0 Å². The van der Waals surface area contributed by atoms with Gasteiger partial charge in [-0.15, -0.1) is 0 Å². The summed E-state index contributed by atoms with van der Waals surface area (Å²) in [6, 6.07) is 2.33. The molecule has 0 saturated carbocycles. The number of esters is 1. The molecule has 0 bridgehead atoms. The zero-order chi connectivity index (χ0) is 16.9. The maximum atomic E-state index is 13.9. The van der Waals surface area contributed by atoms with Crippen LogP contribution in [0.5, 0.6) is 11.5 Å². The van der Waals surface area contributed by atoms with Gasteiger partial charge in [0.15, 0.2) is 11.6 Å². The number of benzene rings is 1. The van der Waals surface area contributed by atoms with Crippen LogP contribution >= 0.6 is 0 Å². The molecule has 1 aromatic rings. The molecule has 0 spiro atoms.